The predicted octanol–water partition coefficient (Wildman–Crippen LogP) is 3.08. The molecule has 38 heavy (non-hydrogen) atoms. The monoisotopic (exact) mass is 516 g/mol. The fraction of sp³-hybridized carbons (Fsp3) is 0.393. The third-order valence-corrected chi connectivity index (χ3v) is 6.97. The molecule has 0 spiro atoms. The van der Waals surface area contributed by atoms with Crippen molar-refractivity contribution in [1.29, 1.82) is 0 Å². The second-order valence-electron chi connectivity index (χ2n) is 9.85. The minimum Gasteiger partial charge on any atom is -0.497 e. The second kappa shape index (κ2) is 11.5. The Balaban J connectivity index is 1.15. The summed E-state index contributed by atoms with van der Waals surface area (Å²) < 4.78 is 11.2. The number of anilines is 1. The van der Waals surface area contributed by atoms with E-state index < -0.39 is 5.91 Å². The number of benzene rings is 2. The van der Waals surface area contributed by atoms with Crippen LogP contribution in [0.1, 0.15) is 46.4 Å². The third-order valence-electron chi connectivity index (χ3n) is 6.97. The van der Waals surface area contributed by atoms with Gasteiger partial charge in [0.1, 0.15) is 17.8 Å². The molecule has 0 atom stereocenters. The number of carbonyl (C=O) groups is 2. The van der Waals surface area contributed by atoms with Crippen molar-refractivity contribution in [3.8, 4) is 22.9 Å². The molecule has 5 rings (SSSR count). The number of nitrogens with zero attached hydrogens (tertiary/aromatic N) is 4. The molecular formula is C28H32N6O4. The number of hydrogen-bond donors (Lipinski definition) is 2. The number of methoxy groups -OCH3 is 1. The lowest BCUT2D eigenvalue weighted by atomic mass is 9.97. The molecule has 2 amide bonds. The summed E-state index contributed by atoms with van der Waals surface area (Å²) in [5, 5.41) is 3.08. The van der Waals surface area contributed by atoms with Gasteiger partial charge in [0.25, 0.3) is 5.91 Å². The van der Waals surface area contributed by atoms with Crippen LogP contribution in [-0.4, -0.2) is 60.1 Å². The molecule has 0 unspecified atom stereocenters. The molecule has 0 bridgehead atoms. The van der Waals surface area contributed by atoms with Crippen LogP contribution in [-0.2, 0) is 0 Å². The molecular weight excluding hydrogens is 484 g/mol. The number of piperidine rings is 1. The maximum atomic E-state index is 12.9. The molecule has 1 saturated heterocycles. The zero-order chi connectivity index (χ0) is 26.5. The molecule has 2 heterocycles. The number of rotatable bonds is 10. The lowest BCUT2D eigenvalue weighted by molar-refractivity contribution is 0.0943. The van der Waals surface area contributed by atoms with E-state index in [1.807, 2.05) is 12.1 Å². The largest absolute Gasteiger partial charge is 0.497 e. The molecule has 3 N–H and O–H groups in total. The number of primary amides is 1. The summed E-state index contributed by atoms with van der Waals surface area (Å²) in [5.74, 6) is 2.69. The van der Waals surface area contributed by atoms with E-state index in [4.69, 9.17) is 15.2 Å². The highest BCUT2D eigenvalue weighted by molar-refractivity contribution is 5.95. The van der Waals surface area contributed by atoms with Gasteiger partial charge in [-0.3, -0.25) is 9.59 Å². The van der Waals surface area contributed by atoms with Gasteiger partial charge in [0, 0.05) is 42.4 Å². The van der Waals surface area contributed by atoms with Crippen LogP contribution < -0.4 is 25.4 Å². The topological polar surface area (TPSA) is 133 Å². The molecule has 1 saturated carbocycles. The van der Waals surface area contributed by atoms with Crippen molar-refractivity contribution in [2.24, 2.45) is 17.6 Å². The van der Waals surface area contributed by atoms with Crippen molar-refractivity contribution < 1.29 is 19.1 Å². The normalized spacial score (nSPS) is 15.7. The summed E-state index contributed by atoms with van der Waals surface area (Å²) in [6.45, 7) is 2.80. The van der Waals surface area contributed by atoms with E-state index in [-0.39, 0.29) is 5.91 Å². The van der Waals surface area contributed by atoms with E-state index >= 15 is 0 Å². The molecule has 2 aromatic carbocycles. The van der Waals surface area contributed by atoms with E-state index in [1.54, 1.807) is 37.4 Å². The van der Waals surface area contributed by atoms with E-state index in [0.717, 1.165) is 25.9 Å². The van der Waals surface area contributed by atoms with Gasteiger partial charge in [-0.05, 0) is 61.8 Å². The van der Waals surface area contributed by atoms with Crippen molar-refractivity contribution in [1.82, 2.24) is 20.3 Å². The van der Waals surface area contributed by atoms with Gasteiger partial charge >= 0.3 is 0 Å². The van der Waals surface area contributed by atoms with E-state index in [9.17, 15) is 9.59 Å². The number of ether oxygens (including phenoxy) is 2. The number of amides is 2. The van der Waals surface area contributed by atoms with Crippen molar-refractivity contribution in [2.75, 3.05) is 38.3 Å². The Morgan fingerprint density at radius 1 is 1.00 bits per heavy atom. The quantitative estimate of drug-likeness (QED) is 0.420. The maximum Gasteiger partial charge on any atom is 0.251 e. The van der Waals surface area contributed by atoms with Gasteiger partial charge in [-0.2, -0.15) is 4.98 Å². The van der Waals surface area contributed by atoms with E-state index in [0.29, 0.717) is 64.9 Å². The van der Waals surface area contributed by atoms with Gasteiger partial charge in [0.2, 0.25) is 11.9 Å². The first kappa shape index (κ1) is 25.4. The second-order valence-corrected chi connectivity index (χ2v) is 9.85. The van der Waals surface area contributed by atoms with Gasteiger partial charge in [-0.15, -0.1) is 0 Å². The lowest BCUT2D eigenvalue weighted by Crippen LogP contribution is -2.39. The molecule has 10 nitrogen and oxygen atoms in total. The number of nitrogens with one attached hydrogen (secondary N) is 1. The Bertz CT molecular complexity index is 1300. The van der Waals surface area contributed by atoms with Crippen LogP contribution in [0.5, 0.6) is 11.5 Å². The minimum atomic E-state index is -0.496. The summed E-state index contributed by atoms with van der Waals surface area (Å²) in [6.07, 6.45) is 5.68. The number of carbonyl (C=O) groups excluding carboxylic acids is 2. The summed E-state index contributed by atoms with van der Waals surface area (Å²) >= 11 is 0. The lowest BCUT2D eigenvalue weighted by Gasteiger charge is -2.32. The zero-order valence-electron chi connectivity index (χ0n) is 21.4. The van der Waals surface area contributed by atoms with Gasteiger partial charge in [-0.1, -0.05) is 12.1 Å². The van der Waals surface area contributed by atoms with Crippen LogP contribution in [0.2, 0.25) is 0 Å². The van der Waals surface area contributed by atoms with E-state index in [1.165, 1.54) is 19.2 Å². The maximum absolute atomic E-state index is 12.9. The Kier molecular flexibility index (Phi) is 7.67. The molecule has 3 aromatic rings. The first-order valence-corrected chi connectivity index (χ1v) is 12.9. The Morgan fingerprint density at radius 3 is 2.53 bits per heavy atom. The highest BCUT2D eigenvalue weighted by Crippen LogP contribution is 2.31. The number of nitrogens with two attached hydrogens (primary N) is 1. The van der Waals surface area contributed by atoms with Crippen LogP contribution in [0.4, 0.5) is 5.95 Å². The molecule has 2 aliphatic rings. The first-order valence-electron chi connectivity index (χ1n) is 12.9. The third kappa shape index (κ3) is 6.37. The van der Waals surface area contributed by atoms with Crippen molar-refractivity contribution >= 4 is 17.8 Å². The van der Waals surface area contributed by atoms with E-state index in [2.05, 4.69) is 25.2 Å². The fourth-order valence-corrected chi connectivity index (χ4v) is 4.47. The van der Waals surface area contributed by atoms with Crippen molar-refractivity contribution in [3.05, 3.63) is 59.9 Å². The zero-order valence-corrected chi connectivity index (χ0v) is 21.4. The average Bonchev–Trinajstić information content (AvgIpc) is 3.80. The van der Waals surface area contributed by atoms with Crippen LogP contribution in [0, 0.1) is 11.8 Å². The smallest absolute Gasteiger partial charge is 0.251 e. The Morgan fingerprint density at radius 2 is 1.79 bits per heavy atom. The minimum absolute atomic E-state index is 0.136. The van der Waals surface area contributed by atoms with Gasteiger partial charge in [-0.25, -0.2) is 9.97 Å². The predicted molar refractivity (Wildman–Crippen MR) is 142 cm³/mol. The van der Waals surface area contributed by atoms with Gasteiger partial charge < -0.3 is 25.4 Å². The number of hydrogen-bond acceptors (Lipinski definition) is 8. The summed E-state index contributed by atoms with van der Waals surface area (Å²) in [6, 6.07) is 12.3. The highest BCUT2D eigenvalue weighted by Gasteiger charge is 2.24. The van der Waals surface area contributed by atoms with Crippen LogP contribution >= 0.6 is 0 Å². The SMILES string of the molecule is COc1cc(OCC2CC2)cc(C(=O)NCC2CCN(c3ncnc(-c4cccc(C(N)=O)c4)n3)CC2)c1. The Hall–Kier alpha value is -4.21. The van der Waals surface area contributed by atoms with Crippen LogP contribution in [0.15, 0.2) is 48.8 Å². The summed E-state index contributed by atoms with van der Waals surface area (Å²) in [5.41, 5.74) is 7.05. The molecule has 198 valence electrons. The molecule has 1 aromatic heterocycles. The van der Waals surface area contributed by atoms with Crippen molar-refractivity contribution in [2.45, 2.75) is 25.7 Å². The van der Waals surface area contributed by atoms with Crippen molar-refractivity contribution in [3.63, 3.8) is 0 Å². The standard InChI is InChI=1S/C28H32N6O4/c1-37-23-12-22(13-24(14-23)38-16-19-5-6-19)27(36)30-15-18-7-9-34(10-8-18)28-32-17-31-26(33-28)21-4-2-3-20(11-21)25(29)35/h2-4,11-14,17-19H,5-10,15-16H2,1H3,(H2,29,35)(H,30,36). The Labute approximate surface area is 221 Å². The molecule has 1 aliphatic carbocycles. The van der Waals surface area contributed by atoms with Crippen LogP contribution in [0.25, 0.3) is 11.4 Å². The molecule has 2 fully saturated rings. The number of aromatic nitrogens is 3. The fourth-order valence-electron chi connectivity index (χ4n) is 4.47. The highest BCUT2D eigenvalue weighted by atomic mass is 16.5. The molecule has 1 aliphatic heterocycles. The molecule has 0 radical (unpaired) electrons. The van der Waals surface area contributed by atoms with Gasteiger partial charge in [0.15, 0.2) is 5.82 Å². The summed E-state index contributed by atoms with van der Waals surface area (Å²) in [7, 11) is 1.59. The first-order chi connectivity index (χ1) is 18.5. The van der Waals surface area contributed by atoms with Gasteiger partial charge in [0.05, 0.1) is 13.7 Å². The van der Waals surface area contributed by atoms with Crippen LogP contribution in [0.3, 0.4) is 0 Å². The average molecular weight is 517 g/mol. The molecule has 10 heteroatoms. The summed E-state index contributed by atoms with van der Waals surface area (Å²) in [4.78, 5) is 39.8.